The van der Waals surface area contributed by atoms with E-state index >= 15 is 0 Å². The van der Waals surface area contributed by atoms with Crippen molar-refractivity contribution in [3.05, 3.63) is 0 Å². The van der Waals surface area contributed by atoms with Gasteiger partial charge in [-0.3, -0.25) is 4.79 Å². The maximum atomic E-state index is 10.5. The van der Waals surface area contributed by atoms with Gasteiger partial charge >= 0.3 is 0 Å². The van der Waals surface area contributed by atoms with Crippen molar-refractivity contribution in [3.8, 4) is 0 Å². The van der Waals surface area contributed by atoms with Gasteiger partial charge in [0.05, 0.1) is 0 Å². The number of carbonyl (C=O) groups excluding carboxylic acids is 1. The molecule has 1 rings (SSSR count). The van der Waals surface area contributed by atoms with Gasteiger partial charge in [-0.2, -0.15) is 0 Å². The number of carbonyl (C=O) groups is 1. The lowest BCUT2D eigenvalue weighted by atomic mass is 10.3. The fourth-order valence-electron chi connectivity index (χ4n) is 0.984. The molecule has 2 atom stereocenters. The van der Waals surface area contributed by atoms with Crippen LogP contribution in [0.3, 0.4) is 0 Å². The van der Waals surface area contributed by atoms with Crippen LogP contribution in [0.15, 0.2) is 0 Å². The molecule has 0 aromatic carbocycles. The van der Waals surface area contributed by atoms with Crippen LogP contribution in [-0.2, 0) is 4.79 Å². The highest BCUT2D eigenvalue weighted by Crippen LogP contribution is 2.36. The molecule has 0 aliphatic heterocycles. The minimum Gasteiger partial charge on any atom is -0.387 e. The van der Waals surface area contributed by atoms with Gasteiger partial charge in [0.15, 0.2) is 0 Å². The van der Waals surface area contributed by atoms with E-state index in [0.717, 1.165) is 12.5 Å². The number of rotatable bonds is 3. The summed E-state index contributed by atoms with van der Waals surface area (Å²) >= 11 is 0. The average Bonchev–Trinajstić information content (AvgIpc) is 2.61. The van der Waals surface area contributed by atoms with Crippen molar-refractivity contribution in [1.29, 1.82) is 0 Å². The van der Waals surface area contributed by atoms with Gasteiger partial charge in [-0.05, 0) is 18.3 Å². The lowest BCUT2D eigenvalue weighted by Gasteiger charge is -1.99. The molecule has 0 radical (unpaired) electrons. The summed E-state index contributed by atoms with van der Waals surface area (Å²) in [5.41, 5.74) is 0. The van der Waals surface area contributed by atoms with Crippen molar-refractivity contribution in [2.75, 3.05) is 13.2 Å². The van der Waals surface area contributed by atoms with Crippen LogP contribution in [0.5, 0.6) is 0 Å². The van der Waals surface area contributed by atoms with E-state index in [1.165, 1.54) is 6.42 Å². The van der Waals surface area contributed by atoms with Crippen LogP contribution in [0.4, 0.5) is 0 Å². The van der Waals surface area contributed by atoms with Gasteiger partial charge in [0, 0.05) is 6.54 Å². The Labute approximate surface area is 60.4 Å². The molecule has 0 bridgehead atoms. The minimum absolute atomic E-state index is 0.265. The molecule has 3 nitrogen and oxygen atoms in total. The first-order valence-electron chi connectivity index (χ1n) is 3.61. The zero-order valence-corrected chi connectivity index (χ0v) is 6.13. The van der Waals surface area contributed by atoms with Gasteiger partial charge in [-0.15, -0.1) is 0 Å². The second-order valence-corrected chi connectivity index (χ2v) is 2.94. The Bertz CT molecular complexity index is 136. The summed E-state index contributed by atoms with van der Waals surface area (Å²) in [6.45, 7) is 2.51. The lowest BCUT2D eigenvalue weighted by Crippen LogP contribution is -2.28. The zero-order chi connectivity index (χ0) is 7.56. The van der Waals surface area contributed by atoms with E-state index in [2.05, 4.69) is 12.2 Å². The Morgan fingerprint density at radius 3 is 2.80 bits per heavy atom. The Balaban J connectivity index is 2.00. The Morgan fingerprint density at radius 2 is 2.40 bits per heavy atom. The van der Waals surface area contributed by atoms with Crippen LogP contribution >= 0.6 is 0 Å². The molecule has 1 aliphatic carbocycles. The Hall–Kier alpha value is -0.570. The predicted molar refractivity (Wildman–Crippen MR) is 37.4 cm³/mol. The van der Waals surface area contributed by atoms with Crippen molar-refractivity contribution < 1.29 is 9.90 Å². The van der Waals surface area contributed by atoms with E-state index in [0.29, 0.717) is 5.92 Å². The van der Waals surface area contributed by atoms with Gasteiger partial charge in [0.1, 0.15) is 6.61 Å². The second kappa shape index (κ2) is 3.01. The smallest absolute Gasteiger partial charge is 0.245 e. The van der Waals surface area contributed by atoms with Crippen LogP contribution in [0, 0.1) is 11.8 Å². The van der Waals surface area contributed by atoms with Crippen LogP contribution < -0.4 is 5.32 Å². The standard InChI is InChI=1S/C7H13NO2/c1-5-2-6(5)3-8-7(10)4-9/h5-6,9H,2-4H2,1H3,(H,8,10). The van der Waals surface area contributed by atoms with Crippen molar-refractivity contribution in [1.82, 2.24) is 5.32 Å². The van der Waals surface area contributed by atoms with E-state index in [9.17, 15) is 4.79 Å². The van der Waals surface area contributed by atoms with E-state index < -0.39 is 0 Å². The zero-order valence-electron chi connectivity index (χ0n) is 6.13. The maximum absolute atomic E-state index is 10.5. The van der Waals surface area contributed by atoms with Crippen LogP contribution in [0.2, 0.25) is 0 Å². The maximum Gasteiger partial charge on any atom is 0.245 e. The largest absolute Gasteiger partial charge is 0.387 e. The molecule has 1 fully saturated rings. The summed E-state index contributed by atoms with van der Waals surface area (Å²) in [5, 5.41) is 11.0. The van der Waals surface area contributed by atoms with Gasteiger partial charge in [-0.25, -0.2) is 0 Å². The number of nitrogens with one attached hydrogen (secondary N) is 1. The summed E-state index contributed by atoms with van der Waals surface area (Å²) in [7, 11) is 0. The fraction of sp³-hybridized carbons (Fsp3) is 0.857. The molecule has 0 aromatic heterocycles. The quantitative estimate of drug-likeness (QED) is 0.572. The normalized spacial score (nSPS) is 29.8. The molecule has 0 heterocycles. The summed E-state index contributed by atoms with van der Waals surface area (Å²) < 4.78 is 0. The van der Waals surface area contributed by atoms with E-state index in [1.807, 2.05) is 0 Å². The third-order valence-corrected chi connectivity index (χ3v) is 1.98. The third-order valence-electron chi connectivity index (χ3n) is 1.98. The molecule has 1 saturated carbocycles. The third kappa shape index (κ3) is 1.99. The highest BCUT2D eigenvalue weighted by Gasteiger charge is 2.32. The molecular weight excluding hydrogens is 130 g/mol. The fourth-order valence-corrected chi connectivity index (χ4v) is 0.984. The molecule has 58 valence electrons. The van der Waals surface area contributed by atoms with Crippen molar-refractivity contribution in [2.24, 2.45) is 11.8 Å². The highest BCUT2D eigenvalue weighted by atomic mass is 16.3. The highest BCUT2D eigenvalue weighted by molar-refractivity contribution is 5.76. The first-order valence-corrected chi connectivity index (χ1v) is 3.61. The minimum atomic E-state index is -0.388. The van der Waals surface area contributed by atoms with Crippen molar-refractivity contribution in [3.63, 3.8) is 0 Å². The molecule has 0 aromatic rings. The Kier molecular flexibility index (Phi) is 2.27. The predicted octanol–water partition coefficient (Wildman–Crippen LogP) is -0.249. The molecule has 0 saturated heterocycles. The first kappa shape index (κ1) is 7.54. The van der Waals surface area contributed by atoms with Gasteiger partial charge < -0.3 is 10.4 Å². The molecule has 0 spiro atoms. The van der Waals surface area contributed by atoms with Crippen molar-refractivity contribution in [2.45, 2.75) is 13.3 Å². The SMILES string of the molecule is CC1CC1CNC(=O)CO. The number of hydrogen-bond acceptors (Lipinski definition) is 2. The lowest BCUT2D eigenvalue weighted by molar-refractivity contribution is -0.123. The van der Waals surface area contributed by atoms with Crippen LogP contribution in [0.25, 0.3) is 0 Å². The van der Waals surface area contributed by atoms with E-state index in [-0.39, 0.29) is 12.5 Å². The number of amides is 1. The van der Waals surface area contributed by atoms with Gasteiger partial charge in [-0.1, -0.05) is 6.92 Å². The molecule has 2 unspecified atom stereocenters. The van der Waals surface area contributed by atoms with Crippen molar-refractivity contribution >= 4 is 5.91 Å². The first-order chi connectivity index (χ1) is 4.74. The second-order valence-electron chi connectivity index (χ2n) is 2.94. The van der Waals surface area contributed by atoms with Gasteiger partial charge in [0.2, 0.25) is 5.91 Å². The van der Waals surface area contributed by atoms with Crippen LogP contribution in [0.1, 0.15) is 13.3 Å². The molecule has 3 heteroatoms. The molecule has 1 aliphatic rings. The van der Waals surface area contributed by atoms with E-state index in [1.54, 1.807) is 0 Å². The summed E-state index contributed by atoms with van der Waals surface area (Å²) in [6, 6.07) is 0. The molecule has 2 N–H and O–H groups in total. The average molecular weight is 143 g/mol. The van der Waals surface area contributed by atoms with E-state index in [4.69, 9.17) is 5.11 Å². The summed E-state index contributed by atoms with van der Waals surface area (Å²) in [6.07, 6.45) is 1.21. The molecular formula is C7H13NO2. The van der Waals surface area contributed by atoms with Gasteiger partial charge in [0.25, 0.3) is 0 Å². The summed E-state index contributed by atoms with van der Waals surface area (Å²) in [5.74, 6) is 1.16. The Morgan fingerprint density at radius 1 is 1.80 bits per heavy atom. The molecule has 1 amide bonds. The topological polar surface area (TPSA) is 49.3 Å². The molecule has 10 heavy (non-hydrogen) atoms. The summed E-state index contributed by atoms with van der Waals surface area (Å²) in [4.78, 5) is 10.5. The number of aliphatic hydroxyl groups is 1. The number of hydrogen-bond donors (Lipinski definition) is 2. The number of aliphatic hydroxyl groups excluding tert-OH is 1. The monoisotopic (exact) mass is 143 g/mol. The van der Waals surface area contributed by atoms with Crippen LogP contribution in [-0.4, -0.2) is 24.2 Å².